The van der Waals surface area contributed by atoms with E-state index in [1.165, 1.54) is 0 Å². The van der Waals surface area contributed by atoms with Gasteiger partial charge in [0.05, 0.1) is 0 Å². The number of rotatable bonds is 6. The third kappa shape index (κ3) is 11.5. The van der Waals surface area contributed by atoms with Gasteiger partial charge in [-0.3, -0.25) is 0 Å². The van der Waals surface area contributed by atoms with E-state index in [2.05, 4.69) is 9.67 Å². The van der Waals surface area contributed by atoms with E-state index in [0.29, 0.717) is 26.2 Å². The minimum atomic E-state index is 0. The molecule has 6 N–H and O–H groups in total. The molecule has 0 saturated heterocycles. The molecule has 0 aliphatic rings. The molecule has 0 unspecified atom stereocenters. The Hall–Kier alpha value is 0.860. The van der Waals surface area contributed by atoms with Crippen LogP contribution in [-0.4, -0.2) is 59.1 Å². The van der Waals surface area contributed by atoms with E-state index in [0.717, 1.165) is 22.3 Å². The van der Waals surface area contributed by atoms with Crippen LogP contribution in [0.1, 0.15) is 22.3 Å². The molecule has 0 heterocycles. The summed E-state index contributed by atoms with van der Waals surface area (Å²) in [6.45, 7) is 2.56. The summed E-state index contributed by atoms with van der Waals surface area (Å²) in [7, 11) is 0. The van der Waals surface area contributed by atoms with Crippen molar-refractivity contribution < 1.29 is 0 Å². The molecule has 4 nitrogen and oxygen atoms in total. The monoisotopic (exact) mass is 386 g/mol. The van der Waals surface area contributed by atoms with Crippen molar-refractivity contribution in [3.8, 4) is 0 Å². The van der Waals surface area contributed by atoms with E-state index in [4.69, 9.17) is 35.0 Å². The summed E-state index contributed by atoms with van der Waals surface area (Å²) in [5.41, 5.74) is 15.5. The largest absolute Gasteiger partial charge is 0.326 e. The second kappa shape index (κ2) is 17.3. The Balaban J connectivity index is 0. The van der Waals surface area contributed by atoms with Crippen molar-refractivity contribution in [3.63, 3.8) is 0 Å². The fourth-order valence-electron chi connectivity index (χ4n) is 1.74. The Labute approximate surface area is 198 Å². The van der Waals surface area contributed by atoms with E-state index >= 15 is 0 Å². The van der Waals surface area contributed by atoms with Crippen LogP contribution in [0.15, 0.2) is 48.5 Å². The summed E-state index contributed by atoms with van der Waals surface area (Å²) < 4.78 is 0. The van der Waals surface area contributed by atoms with Crippen LogP contribution in [0.25, 0.3) is 0 Å². The van der Waals surface area contributed by atoms with E-state index in [1.807, 2.05) is 48.5 Å². The molecule has 122 valence electrons. The molecule has 24 heavy (non-hydrogen) atoms. The summed E-state index contributed by atoms with van der Waals surface area (Å²) in [6.07, 6.45) is 0. The van der Waals surface area contributed by atoms with Crippen molar-refractivity contribution in [2.24, 2.45) is 11.5 Å². The Morgan fingerprint density at radius 2 is 0.833 bits per heavy atom. The summed E-state index contributed by atoms with van der Waals surface area (Å²) in [4.78, 5) is 5.12. The van der Waals surface area contributed by atoms with Gasteiger partial charge in [0.1, 0.15) is 0 Å². The number of benzene rings is 2. The van der Waals surface area contributed by atoms with Crippen LogP contribution >= 0.6 is 23.6 Å². The van der Waals surface area contributed by atoms with Crippen molar-refractivity contribution in [1.82, 2.24) is 9.67 Å². The first kappa shape index (κ1) is 27.1. The van der Waals surface area contributed by atoms with E-state index in [-0.39, 0.29) is 59.1 Å². The Kier molecular flexibility index (Phi) is 19.5. The van der Waals surface area contributed by atoms with Crippen molar-refractivity contribution in [2.75, 3.05) is 0 Å². The molecule has 0 aromatic heterocycles. The van der Waals surface area contributed by atoms with Gasteiger partial charge in [0.2, 0.25) is 0 Å². The summed E-state index contributed by atoms with van der Waals surface area (Å²) in [5, 5.41) is 0. The molecule has 8 heteroatoms. The van der Waals surface area contributed by atoms with Gasteiger partial charge >= 0.3 is 0 Å². The minimum Gasteiger partial charge on any atom is -0.326 e. The van der Waals surface area contributed by atoms with Gasteiger partial charge in [-0.1, -0.05) is 48.5 Å². The molecule has 0 amide bonds. The van der Waals surface area contributed by atoms with Gasteiger partial charge in [-0.2, -0.15) is 0 Å². The molecular formula is C16H22Cl2N4Na2. The van der Waals surface area contributed by atoms with Crippen LogP contribution in [-0.2, 0) is 26.2 Å². The van der Waals surface area contributed by atoms with Crippen molar-refractivity contribution >= 4 is 82.7 Å². The van der Waals surface area contributed by atoms with Gasteiger partial charge in [0.25, 0.3) is 0 Å². The van der Waals surface area contributed by atoms with Gasteiger partial charge < -0.3 is 11.5 Å². The molecule has 2 rings (SSSR count). The average molecular weight is 387 g/mol. The predicted octanol–water partition coefficient (Wildman–Crippen LogP) is 2.02. The predicted molar refractivity (Wildman–Crippen MR) is 106 cm³/mol. The zero-order chi connectivity index (χ0) is 16.2. The molecule has 2 aromatic rings. The quantitative estimate of drug-likeness (QED) is 0.452. The fourth-order valence-corrected chi connectivity index (χ4v) is 2.05. The smallest absolute Gasteiger partial charge is 0.0359 e. The van der Waals surface area contributed by atoms with E-state index < -0.39 is 0 Å². The third-order valence-electron chi connectivity index (χ3n) is 3.06. The molecule has 0 aliphatic carbocycles. The summed E-state index contributed by atoms with van der Waals surface area (Å²) >= 11 is 10.7. The van der Waals surface area contributed by atoms with Gasteiger partial charge in [-0.25, -0.2) is 9.67 Å². The second-order valence-electron chi connectivity index (χ2n) is 4.66. The Morgan fingerprint density at radius 3 is 1.04 bits per heavy atom. The molecule has 0 spiro atoms. The number of hydrogen-bond acceptors (Lipinski definition) is 4. The summed E-state index contributed by atoms with van der Waals surface area (Å²) in [6, 6.07) is 16.1. The van der Waals surface area contributed by atoms with Crippen LogP contribution in [0.3, 0.4) is 0 Å². The number of nitrogens with two attached hydrogens (primary N) is 2. The van der Waals surface area contributed by atoms with Crippen LogP contribution in [0, 0.1) is 0 Å². The average Bonchev–Trinajstić information content (AvgIpc) is 2.57. The molecule has 0 fully saturated rings. The normalized spacial score (nSPS) is 9.17. The SMILES string of the molecule is NCc1ccc(CNCl)cc1.NCc1ccc(CNCl)cc1.[Na].[Na]. The maximum absolute atomic E-state index is 5.43. The third-order valence-corrected chi connectivity index (χ3v) is 3.33. The van der Waals surface area contributed by atoms with Gasteiger partial charge in [-0.05, 0) is 45.8 Å². The van der Waals surface area contributed by atoms with Crippen LogP contribution in [0.5, 0.6) is 0 Å². The zero-order valence-corrected chi connectivity index (χ0v) is 19.9. The van der Waals surface area contributed by atoms with Gasteiger partial charge in [-0.15, -0.1) is 0 Å². The zero-order valence-electron chi connectivity index (χ0n) is 14.4. The first-order valence-electron chi connectivity index (χ1n) is 6.96. The molecule has 0 bridgehead atoms. The molecule has 2 aromatic carbocycles. The number of hydrogen-bond donors (Lipinski definition) is 4. The van der Waals surface area contributed by atoms with Crippen molar-refractivity contribution in [2.45, 2.75) is 26.2 Å². The first-order valence-corrected chi connectivity index (χ1v) is 7.71. The van der Waals surface area contributed by atoms with Gasteiger partial charge in [0.15, 0.2) is 0 Å². The first-order chi connectivity index (χ1) is 10.7. The minimum absolute atomic E-state index is 0. The topological polar surface area (TPSA) is 76.1 Å². The summed E-state index contributed by atoms with van der Waals surface area (Å²) in [5.74, 6) is 0. The Morgan fingerprint density at radius 1 is 0.583 bits per heavy atom. The number of nitrogens with one attached hydrogen (secondary N) is 2. The molecule has 0 atom stereocenters. The van der Waals surface area contributed by atoms with Crippen LogP contribution in [0.2, 0.25) is 0 Å². The molecule has 0 aliphatic heterocycles. The fraction of sp³-hybridized carbons (Fsp3) is 0.250. The molecule has 0 saturated carbocycles. The van der Waals surface area contributed by atoms with Crippen LogP contribution < -0.4 is 21.1 Å². The van der Waals surface area contributed by atoms with E-state index in [1.54, 1.807) is 0 Å². The van der Waals surface area contributed by atoms with Gasteiger partial charge in [0, 0.05) is 85.3 Å². The maximum Gasteiger partial charge on any atom is 0.0359 e. The Bertz CT molecular complexity index is 475. The standard InChI is InChI=1S/2C8H11ClN2.2Na/c2*9-11-6-8-3-1-7(5-10)2-4-8;;/h2*1-4,11H,5-6,10H2;;. The van der Waals surface area contributed by atoms with Crippen LogP contribution in [0.4, 0.5) is 0 Å². The second-order valence-corrected chi connectivity index (χ2v) is 5.20. The maximum atomic E-state index is 5.43. The van der Waals surface area contributed by atoms with E-state index in [9.17, 15) is 0 Å². The number of halogens is 2. The van der Waals surface area contributed by atoms with Crippen molar-refractivity contribution in [1.29, 1.82) is 0 Å². The molecular weight excluding hydrogens is 365 g/mol. The van der Waals surface area contributed by atoms with Crippen molar-refractivity contribution in [3.05, 3.63) is 70.8 Å². The molecule has 2 radical (unpaired) electrons.